The second kappa shape index (κ2) is 12.3. The molecule has 1 heterocycles. The Hall–Kier alpha value is -2.69. The summed E-state index contributed by atoms with van der Waals surface area (Å²) >= 11 is 13.1. The first-order valence-electron chi connectivity index (χ1n) is 10.4. The third kappa shape index (κ3) is 7.65. The Bertz CT molecular complexity index is 1190. The van der Waals surface area contributed by atoms with E-state index in [1.807, 2.05) is 0 Å². The highest BCUT2D eigenvalue weighted by molar-refractivity contribution is 7.99. The summed E-state index contributed by atoms with van der Waals surface area (Å²) < 4.78 is 46.9. The maximum atomic E-state index is 13.1. The highest BCUT2D eigenvalue weighted by atomic mass is 35.5. The first-order valence-corrected chi connectivity index (χ1v) is 12.1. The number of benzene rings is 2. The Morgan fingerprint density at radius 1 is 1.20 bits per heavy atom. The quantitative estimate of drug-likeness (QED) is 0.169. The van der Waals surface area contributed by atoms with Gasteiger partial charge in [-0.05, 0) is 36.8 Å². The Balaban J connectivity index is 1.56. The number of hydrogen-bond donors (Lipinski definition) is 1. The van der Waals surface area contributed by atoms with E-state index < -0.39 is 17.6 Å². The Morgan fingerprint density at radius 2 is 1.97 bits per heavy atom. The Kier molecular flexibility index (Phi) is 9.47. The highest BCUT2D eigenvalue weighted by Crippen LogP contribution is 2.34. The molecule has 1 N–H and O–H groups in total. The molecule has 0 saturated heterocycles. The van der Waals surface area contributed by atoms with Crippen molar-refractivity contribution in [2.75, 3.05) is 17.7 Å². The molecule has 0 bridgehead atoms. The van der Waals surface area contributed by atoms with Gasteiger partial charge in [-0.1, -0.05) is 53.2 Å². The summed E-state index contributed by atoms with van der Waals surface area (Å²) in [6, 6.07) is 9.80. The average molecular weight is 545 g/mol. The van der Waals surface area contributed by atoms with Crippen LogP contribution in [0.15, 0.2) is 60.3 Å². The van der Waals surface area contributed by atoms with E-state index in [2.05, 4.69) is 22.1 Å². The number of rotatable bonds is 11. The molecule has 0 spiro atoms. The number of para-hydroxylation sites is 1. The van der Waals surface area contributed by atoms with Crippen LogP contribution < -0.4 is 10.1 Å². The van der Waals surface area contributed by atoms with E-state index in [0.717, 1.165) is 17.8 Å². The van der Waals surface area contributed by atoms with Crippen molar-refractivity contribution in [3.05, 3.63) is 76.6 Å². The number of amides is 1. The molecule has 0 aliphatic rings. The minimum Gasteiger partial charge on any atom is -0.492 e. The fourth-order valence-corrected chi connectivity index (χ4v) is 4.31. The van der Waals surface area contributed by atoms with E-state index in [1.165, 1.54) is 18.2 Å². The van der Waals surface area contributed by atoms with Gasteiger partial charge in [0.15, 0.2) is 5.16 Å². The van der Waals surface area contributed by atoms with Crippen LogP contribution in [0.4, 0.5) is 18.9 Å². The summed E-state index contributed by atoms with van der Waals surface area (Å²) in [6.45, 7) is 4.52. The standard InChI is InChI=1S/C23H21Cl2F3N4O2S/c1-2-11-32-20(8-5-12-34-19-10-9-15(24)13-17(19)25)30-31-22(32)35-14-21(33)29-18-7-4-3-6-16(18)23(26,27)28/h2-4,6-7,9-10,13H,1,5,8,11-12,14H2,(H,29,33). The number of carbonyl (C=O) groups is 1. The Morgan fingerprint density at radius 3 is 2.69 bits per heavy atom. The van der Waals surface area contributed by atoms with Crippen molar-refractivity contribution in [1.29, 1.82) is 0 Å². The van der Waals surface area contributed by atoms with E-state index in [1.54, 1.807) is 28.8 Å². The molecule has 3 aromatic rings. The van der Waals surface area contributed by atoms with Crippen LogP contribution in [-0.2, 0) is 23.9 Å². The van der Waals surface area contributed by atoms with Crippen LogP contribution in [0.2, 0.25) is 10.0 Å². The van der Waals surface area contributed by atoms with E-state index in [9.17, 15) is 18.0 Å². The third-order valence-electron chi connectivity index (χ3n) is 4.64. The van der Waals surface area contributed by atoms with Crippen LogP contribution in [0, 0.1) is 0 Å². The lowest BCUT2D eigenvalue weighted by molar-refractivity contribution is -0.137. The second-order valence-electron chi connectivity index (χ2n) is 7.21. The molecule has 0 radical (unpaired) electrons. The number of alkyl halides is 3. The smallest absolute Gasteiger partial charge is 0.418 e. The molecule has 0 aliphatic carbocycles. The number of halogens is 5. The Labute approximate surface area is 214 Å². The zero-order valence-electron chi connectivity index (χ0n) is 18.3. The van der Waals surface area contributed by atoms with Crippen molar-refractivity contribution in [2.24, 2.45) is 0 Å². The summed E-state index contributed by atoms with van der Waals surface area (Å²) in [5, 5.41) is 12.0. The van der Waals surface area contributed by atoms with Crippen molar-refractivity contribution in [1.82, 2.24) is 14.8 Å². The number of allylic oxidation sites excluding steroid dienone is 1. The lowest BCUT2D eigenvalue weighted by Crippen LogP contribution is -2.18. The van der Waals surface area contributed by atoms with Crippen molar-refractivity contribution >= 4 is 46.6 Å². The number of carbonyl (C=O) groups excluding carboxylic acids is 1. The molecule has 2 aromatic carbocycles. The number of nitrogens with one attached hydrogen (secondary N) is 1. The number of hydrogen-bond acceptors (Lipinski definition) is 5. The topological polar surface area (TPSA) is 69.0 Å². The minimum atomic E-state index is -4.57. The first-order chi connectivity index (χ1) is 16.7. The molecular formula is C23H21Cl2F3N4O2S. The molecule has 0 saturated carbocycles. The molecular weight excluding hydrogens is 524 g/mol. The predicted molar refractivity (Wildman–Crippen MR) is 131 cm³/mol. The van der Waals surface area contributed by atoms with Gasteiger partial charge in [-0.2, -0.15) is 13.2 Å². The molecule has 35 heavy (non-hydrogen) atoms. The van der Waals surface area contributed by atoms with E-state index in [4.69, 9.17) is 27.9 Å². The molecule has 3 rings (SSSR count). The number of nitrogens with zero attached hydrogens (tertiary/aromatic N) is 3. The van der Waals surface area contributed by atoms with Crippen LogP contribution >= 0.6 is 35.0 Å². The third-order valence-corrected chi connectivity index (χ3v) is 6.14. The number of ether oxygens (including phenoxy) is 1. The van der Waals surface area contributed by atoms with Gasteiger partial charge in [0.1, 0.15) is 11.6 Å². The zero-order valence-corrected chi connectivity index (χ0v) is 20.6. The lowest BCUT2D eigenvalue weighted by atomic mass is 10.1. The summed E-state index contributed by atoms with van der Waals surface area (Å²) in [6.07, 6.45) is -1.75. The molecule has 0 atom stereocenters. The highest BCUT2D eigenvalue weighted by Gasteiger charge is 2.33. The normalized spacial score (nSPS) is 11.3. The molecule has 12 heteroatoms. The molecule has 0 unspecified atom stereocenters. The average Bonchev–Trinajstić information content (AvgIpc) is 3.18. The van der Waals surface area contributed by atoms with E-state index >= 15 is 0 Å². The van der Waals surface area contributed by atoms with Crippen LogP contribution in [0.3, 0.4) is 0 Å². The second-order valence-corrected chi connectivity index (χ2v) is 8.99. The summed E-state index contributed by atoms with van der Waals surface area (Å²) in [4.78, 5) is 12.3. The number of thioether (sulfide) groups is 1. The SMILES string of the molecule is C=CCn1c(CCCOc2ccc(Cl)cc2Cl)nnc1SCC(=O)Nc1ccccc1C(F)(F)F. The fourth-order valence-electron chi connectivity index (χ4n) is 3.08. The molecule has 1 amide bonds. The zero-order chi connectivity index (χ0) is 25.4. The van der Waals surface area contributed by atoms with Gasteiger partial charge in [0.2, 0.25) is 5.91 Å². The van der Waals surface area contributed by atoms with Gasteiger partial charge in [-0.3, -0.25) is 4.79 Å². The summed E-state index contributed by atoms with van der Waals surface area (Å²) in [5.41, 5.74) is -1.20. The summed E-state index contributed by atoms with van der Waals surface area (Å²) in [7, 11) is 0. The first kappa shape index (κ1) is 26.9. The molecule has 186 valence electrons. The van der Waals surface area contributed by atoms with Crippen molar-refractivity contribution in [3.8, 4) is 5.75 Å². The molecule has 0 fully saturated rings. The van der Waals surface area contributed by atoms with Gasteiger partial charge in [-0.25, -0.2) is 0 Å². The maximum absolute atomic E-state index is 13.1. The number of aryl methyl sites for hydroxylation is 1. The number of aromatic nitrogens is 3. The van der Waals surface area contributed by atoms with Crippen LogP contribution in [0.5, 0.6) is 5.75 Å². The maximum Gasteiger partial charge on any atom is 0.418 e. The van der Waals surface area contributed by atoms with Crippen LogP contribution in [0.25, 0.3) is 0 Å². The lowest BCUT2D eigenvalue weighted by Gasteiger charge is -2.13. The van der Waals surface area contributed by atoms with E-state index in [-0.39, 0.29) is 11.4 Å². The van der Waals surface area contributed by atoms with Gasteiger partial charge in [0.25, 0.3) is 0 Å². The largest absolute Gasteiger partial charge is 0.492 e. The summed E-state index contributed by atoms with van der Waals surface area (Å²) in [5.74, 6) is 0.466. The van der Waals surface area contributed by atoms with Gasteiger partial charge < -0.3 is 14.6 Å². The van der Waals surface area contributed by atoms with Crippen molar-refractivity contribution in [2.45, 2.75) is 30.7 Å². The van der Waals surface area contributed by atoms with Gasteiger partial charge in [0.05, 0.1) is 28.6 Å². The van der Waals surface area contributed by atoms with Crippen LogP contribution in [0.1, 0.15) is 17.8 Å². The van der Waals surface area contributed by atoms with Crippen molar-refractivity contribution in [3.63, 3.8) is 0 Å². The van der Waals surface area contributed by atoms with Gasteiger partial charge >= 0.3 is 6.18 Å². The molecule has 6 nitrogen and oxygen atoms in total. The molecule has 0 aliphatic heterocycles. The molecule has 1 aromatic heterocycles. The van der Waals surface area contributed by atoms with Crippen molar-refractivity contribution < 1.29 is 22.7 Å². The van der Waals surface area contributed by atoms with Crippen LogP contribution in [-0.4, -0.2) is 33.0 Å². The monoisotopic (exact) mass is 544 g/mol. The number of anilines is 1. The fraction of sp³-hybridized carbons (Fsp3) is 0.261. The van der Waals surface area contributed by atoms with Gasteiger partial charge in [-0.15, -0.1) is 16.8 Å². The van der Waals surface area contributed by atoms with E-state index in [0.29, 0.717) is 52.8 Å². The predicted octanol–water partition coefficient (Wildman–Crippen LogP) is 6.53. The minimum absolute atomic E-state index is 0.139. The van der Waals surface area contributed by atoms with Gasteiger partial charge in [0, 0.05) is 18.0 Å².